The van der Waals surface area contributed by atoms with Gasteiger partial charge in [-0.2, -0.15) is 0 Å². The third kappa shape index (κ3) is 1.84. The van der Waals surface area contributed by atoms with E-state index in [0.29, 0.717) is 24.0 Å². The highest BCUT2D eigenvalue weighted by molar-refractivity contribution is 6.16. The van der Waals surface area contributed by atoms with Crippen molar-refractivity contribution >= 4 is 11.6 Å². The lowest BCUT2D eigenvalue weighted by molar-refractivity contribution is 0.0693. The van der Waals surface area contributed by atoms with Crippen molar-refractivity contribution in [3.63, 3.8) is 0 Å². The molecule has 0 aliphatic heterocycles. The van der Waals surface area contributed by atoms with Crippen LogP contribution < -0.4 is 0 Å². The van der Waals surface area contributed by atoms with Gasteiger partial charge >= 0.3 is 0 Å². The molecule has 0 N–H and O–H groups in total. The van der Waals surface area contributed by atoms with E-state index in [9.17, 15) is 9.59 Å². The van der Waals surface area contributed by atoms with E-state index in [1.165, 1.54) is 0 Å². The normalized spacial score (nSPS) is 17.1. The fourth-order valence-corrected chi connectivity index (χ4v) is 2.66. The Labute approximate surface area is 107 Å². The van der Waals surface area contributed by atoms with E-state index in [1.54, 1.807) is 36.4 Å². The minimum atomic E-state index is -0.672. The molecular formula is C16H16O2. The molecule has 0 heterocycles. The fourth-order valence-electron chi connectivity index (χ4n) is 2.66. The van der Waals surface area contributed by atoms with E-state index in [2.05, 4.69) is 13.2 Å². The van der Waals surface area contributed by atoms with Crippen molar-refractivity contribution in [2.24, 2.45) is 5.41 Å². The maximum atomic E-state index is 12.6. The maximum absolute atomic E-state index is 12.6. The summed E-state index contributed by atoms with van der Waals surface area (Å²) in [7, 11) is 0. The average Bonchev–Trinajstić information content (AvgIpc) is 2.37. The summed E-state index contributed by atoms with van der Waals surface area (Å²) >= 11 is 0. The Kier molecular flexibility index (Phi) is 3.28. The molecule has 0 amide bonds. The Morgan fingerprint density at radius 3 is 2.17 bits per heavy atom. The average molecular weight is 240 g/mol. The minimum Gasteiger partial charge on any atom is -0.294 e. The SMILES string of the molecule is C=CCC1(CC=C)CC(=O)c2ccccc2C1=O. The van der Waals surface area contributed by atoms with Gasteiger partial charge in [0.1, 0.15) is 0 Å². The van der Waals surface area contributed by atoms with Crippen molar-refractivity contribution in [1.29, 1.82) is 0 Å². The monoisotopic (exact) mass is 240 g/mol. The van der Waals surface area contributed by atoms with Gasteiger partial charge in [0.2, 0.25) is 0 Å². The molecule has 0 radical (unpaired) electrons. The van der Waals surface area contributed by atoms with E-state index in [1.807, 2.05) is 0 Å². The minimum absolute atomic E-state index is 0.0360. The molecule has 2 nitrogen and oxygen atoms in total. The van der Waals surface area contributed by atoms with E-state index in [0.717, 1.165) is 0 Å². The molecule has 0 saturated heterocycles. The van der Waals surface area contributed by atoms with Crippen molar-refractivity contribution in [2.45, 2.75) is 19.3 Å². The first-order valence-electron chi connectivity index (χ1n) is 6.03. The number of carbonyl (C=O) groups excluding carboxylic acids is 2. The number of rotatable bonds is 4. The molecule has 2 rings (SSSR count). The Hall–Kier alpha value is -1.96. The second-order valence-electron chi connectivity index (χ2n) is 4.74. The molecule has 0 aromatic heterocycles. The number of carbonyl (C=O) groups is 2. The van der Waals surface area contributed by atoms with Crippen LogP contribution in [-0.4, -0.2) is 11.6 Å². The fraction of sp³-hybridized carbons (Fsp3) is 0.250. The third-order valence-electron chi connectivity index (χ3n) is 3.52. The summed E-state index contributed by atoms with van der Waals surface area (Å²) in [6.45, 7) is 7.40. The highest BCUT2D eigenvalue weighted by atomic mass is 16.1. The predicted molar refractivity (Wildman–Crippen MR) is 71.8 cm³/mol. The molecule has 0 atom stereocenters. The van der Waals surface area contributed by atoms with Crippen LogP contribution in [0.4, 0.5) is 0 Å². The Bertz CT molecular complexity index is 516. The van der Waals surface area contributed by atoms with Crippen molar-refractivity contribution < 1.29 is 9.59 Å². The largest absolute Gasteiger partial charge is 0.294 e. The van der Waals surface area contributed by atoms with Crippen molar-refractivity contribution in [2.75, 3.05) is 0 Å². The Morgan fingerprint density at radius 2 is 1.61 bits per heavy atom. The van der Waals surface area contributed by atoms with Gasteiger partial charge in [0.25, 0.3) is 0 Å². The van der Waals surface area contributed by atoms with Crippen LogP contribution in [0.25, 0.3) is 0 Å². The summed E-state index contributed by atoms with van der Waals surface area (Å²) in [5.74, 6) is 0.0754. The maximum Gasteiger partial charge on any atom is 0.170 e. The van der Waals surface area contributed by atoms with Gasteiger partial charge in [-0.3, -0.25) is 9.59 Å². The molecular weight excluding hydrogens is 224 g/mol. The molecule has 18 heavy (non-hydrogen) atoms. The second kappa shape index (κ2) is 4.73. The molecule has 1 aliphatic carbocycles. The van der Waals surface area contributed by atoms with Crippen LogP contribution in [-0.2, 0) is 0 Å². The number of allylic oxidation sites excluding steroid dienone is 2. The summed E-state index contributed by atoms with van der Waals surface area (Å²) in [5.41, 5.74) is 0.415. The molecule has 0 saturated carbocycles. The van der Waals surface area contributed by atoms with Crippen LogP contribution in [0.1, 0.15) is 40.0 Å². The number of benzene rings is 1. The molecule has 1 aliphatic rings. The van der Waals surface area contributed by atoms with E-state index < -0.39 is 5.41 Å². The highest BCUT2D eigenvalue weighted by Crippen LogP contribution is 2.41. The van der Waals surface area contributed by atoms with Gasteiger partial charge in [-0.1, -0.05) is 36.4 Å². The van der Waals surface area contributed by atoms with Crippen LogP contribution in [0.5, 0.6) is 0 Å². The lowest BCUT2D eigenvalue weighted by Gasteiger charge is -2.34. The molecule has 2 heteroatoms. The van der Waals surface area contributed by atoms with Gasteiger partial charge in [-0.05, 0) is 12.8 Å². The zero-order chi connectivity index (χ0) is 13.2. The van der Waals surface area contributed by atoms with Gasteiger partial charge in [-0.25, -0.2) is 0 Å². The zero-order valence-electron chi connectivity index (χ0n) is 10.3. The molecule has 0 fully saturated rings. The molecule has 0 spiro atoms. The number of hydrogen-bond donors (Lipinski definition) is 0. The summed E-state index contributed by atoms with van der Waals surface area (Å²) in [6, 6.07) is 7.04. The van der Waals surface area contributed by atoms with Crippen LogP contribution >= 0.6 is 0 Å². The van der Waals surface area contributed by atoms with Crippen LogP contribution in [0.2, 0.25) is 0 Å². The first-order valence-corrected chi connectivity index (χ1v) is 6.03. The highest BCUT2D eigenvalue weighted by Gasteiger charge is 2.43. The topological polar surface area (TPSA) is 34.1 Å². The standard InChI is InChI=1S/C16H16O2/c1-3-9-16(10-4-2)11-14(17)12-7-5-6-8-13(12)15(16)18/h3-8H,1-2,9-11H2. The third-order valence-corrected chi connectivity index (χ3v) is 3.52. The smallest absolute Gasteiger partial charge is 0.170 e. The summed E-state index contributed by atoms with van der Waals surface area (Å²) < 4.78 is 0. The molecule has 0 unspecified atom stereocenters. The van der Waals surface area contributed by atoms with E-state index >= 15 is 0 Å². The second-order valence-corrected chi connectivity index (χ2v) is 4.74. The lowest BCUT2D eigenvalue weighted by atomic mass is 9.66. The number of Topliss-reactive ketones (excluding diaryl/α,β-unsaturated/α-hetero) is 2. The van der Waals surface area contributed by atoms with Crippen LogP contribution in [0.3, 0.4) is 0 Å². The Balaban J connectivity index is 2.55. The van der Waals surface area contributed by atoms with Gasteiger partial charge < -0.3 is 0 Å². The predicted octanol–water partition coefficient (Wildman–Crippen LogP) is 3.59. The van der Waals surface area contributed by atoms with Crippen molar-refractivity contribution in [3.05, 3.63) is 60.7 Å². The van der Waals surface area contributed by atoms with Gasteiger partial charge in [0.05, 0.1) is 0 Å². The van der Waals surface area contributed by atoms with Crippen molar-refractivity contribution in [1.82, 2.24) is 0 Å². The molecule has 1 aromatic carbocycles. The number of hydrogen-bond acceptors (Lipinski definition) is 2. The number of ketones is 2. The quantitative estimate of drug-likeness (QED) is 0.754. The van der Waals surface area contributed by atoms with E-state index in [4.69, 9.17) is 0 Å². The zero-order valence-corrected chi connectivity index (χ0v) is 10.3. The first-order chi connectivity index (χ1) is 8.64. The van der Waals surface area contributed by atoms with Crippen LogP contribution in [0, 0.1) is 5.41 Å². The Morgan fingerprint density at radius 1 is 1.06 bits per heavy atom. The van der Waals surface area contributed by atoms with Crippen molar-refractivity contribution in [3.8, 4) is 0 Å². The van der Waals surface area contributed by atoms with Crippen LogP contribution in [0.15, 0.2) is 49.6 Å². The van der Waals surface area contributed by atoms with Gasteiger partial charge in [0, 0.05) is 23.0 Å². The number of fused-ring (bicyclic) bond motifs is 1. The summed E-state index contributed by atoms with van der Waals surface area (Å²) in [4.78, 5) is 24.8. The molecule has 1 aromatic rings. The summed E-state index contributed by atoms with van der Waals surface area (Å²) in [6.07, 6.45) is 4.70. The molecule has 0 bridgehead atoms. The first kappa shape index (κ1) is 12.5. The summed E-state index contributed by atoms with van der Waals surface area (Å²) in [5, 5.41) is 0. The molecule has 92 valence electrons. The van der Waals surface area contributed by atoms with E-state index in [-0.39, 0.29) is 18.0 Å². The lowest BCUT2D eigenvalue weighted by Crippen LogP contribution is -2.38. The van der Waals surface area contributed by atoms with Gasteiger partial charge in [0.15, 0.2) is 11.6 Å². The van der Waals surface area contributed by atoms with Gasteiger partial charge in [-0.15, -0.1) is 13.2 Å².